The molecule has 152 valence electrons. The molecule has 0 aromatic carbocycles. The second-order valence-corrected chi connectivity index (χ2v) is 7.81. The normalized spacial score (nSPS) is 13.9. The van der Waals surface area contributed by atoms with Gasteiger partial charge in [0.15, 0.2) is 0 Å². The van der Waals surface area contributed by atoms with Gasteiger partial charge in [0.1, 0.15) is 5.75 Å². The van der Waals surface area contributed by atoms with Gasteiger partial charge < -0.3 is 10.1 Å². The van der Waals surface area contributed by atoms with E-state index in [0.29, 0.717) is 30.2 Å². The van der Waals surface area contributed by atoms with Crippen molar-refractivity contribution >= 4 is 11.5 Å². The molecule has 2 aromatic rings. The first kappa shape index (κ1) is 20.8. The summed E-state index contributed by atoms with van der Waals surface area (Å²) in [5, 5.41) is 3.06. The largest absolute Gasteiger partial charge is 0.496 e. The van der Waals surface area contributed by atoms with E-state index < -0.39 is 0 Å². The smallest absolute Gasteiger partial charge is 0.253 e. The molecule has 1 aliphatic rings. The van der Waals surface area contributed by atoms with Gasteiger partial charge in [0, 0.05) is 30.9 Å². The first-order valence-corrected chi connectivity index (χ1v) is 9.98. The maximum absolute atomic E-state index is 13.0. The van der Waals surface area contributed by atoms with Crippen LogP contribution in [0.1, 0.15) is 40.9 Å². The zero-order chi connectivity index (χ0) is 21.0. The van der Waals surface area contributed by atoms with Crippen molar-refractivity contribution in [3.05, 3.63) is 70.8 Å². The van der Waals surface area contributed by atoms with E-state index in [0.717, 1.165) is 33.7 Å². The van der Waals surface area contributed by atoms with Gasteiger partial charge in [-0.25, -0.2) is 0 Å². The molecule has 0 spiro atoms. The molecule has 5 heteroatoms. The van der Waals surface area contributed by atoms with Crippen LogP contribution in [0.4, 0.5) is 0 Å². The van der Waals surface area contributed by atoms with Crippen LogP contribution < -0.4 is 10.1 Å². The maximum atomic E-state index is 13.0. The average Bonchev–Trinajstić information content (AvgIpc) is 3.51. The minimum absolute atomic E-state index is 0.104. The lowest BCUT2D eigenvalue weighted by Crippen LogP contribution is -2.27. The number of nitrogens with one attached hydrogen (secondary N) is 1. The molecule has 1 saturated carbocycles. The Hall–Kier alpha value is -2.95. The van der Waals surface area contributed by atoms with E-state index in [-0.39, 0.29) is 5.91 Å². The third-order valence-electron chi connectivity index (χ3n) is 5.18. The number of hydrogen-bond acceptors (Lipinski definition) is 4. The molecule has 2 aromatic heterocycles. The Morgan fingerprint density at radius 3 is 2.72 bits per heavy atom. The number of hydrogen-bond donors (Lipinski definition) is 1. The van der Waals surface area contributed by atoms with E-state index in [4.69, 9.17) is 4.74 Å². The Kier molecular flexibility index (Phi) is 6.47. The van der Waals surface area contributed by atoms with Crippen molar-refractivity contribution in [3.8, 4) is 5.75 Å². The van der Waals surface area contributed by atoms with Crippen molar-refractivity contribution < 1.29 is 9.53 Å². The standard InChI is InChI=1S/C24H29N3O2/c1-15(12-21-18(4)22(29-5)8-9-25-21)11-20(24(28)27-14-19-6-7-19)23-17(3)10-16(2)13-26-23/h8-11,13,19H,1,6-7,12,14H2,2-5H3,(H,27,28)/b20-11+. The van der Waals surface area contributed by atoms with Crippen LogP contribution in [0.5, 0.6) is 5.75 Å². The molecule has 0 aliphatic heterocycles. The number of carbonyl (C=O) groups excluding carboxylic acids is 1. The van der Waals surface area contributed by atoms with Gasteiger partial charge in [0.05, 0.1) is 24.1 Å². The number of carbonyl (C=O) groups is 1. The van der Waals surface area contributed by atoms with Crippen molar-refractivity contribution in [2.45, 2.75) is 40.0 Å². The third kappa shape index (κ3) is 5.31. The van der Waals surface area contributed by atoms with Gasteiger partial charge >= 0.3 is 0 Å². The second-order valence-electron chi connectivity index (χ2n) is 7.81. The van der Waals surface area contributed by atoms with Crippen LogP contribution in [-0.4, -0.2) is 29.5 Å². The average molecular weight is 392 g/mol. The Bertz CT molecular complexity index is 959. The fourth-order valence-corrected chi connectivity index (χ4v) is 3.32. The summed E-state index contributed by atoms with van der Waals surface area (Å²) in [4.78, 5) is 22.0. The van der Waals surface area contributed by atoms with Gasteiger partial charge in [0.25, 0.3) is 5.91 Å². The number of amides is 1. The Balaban J connectivity index is 1.88. The van der Waals surface area contributed by atoms with Gasteiger partial charge in [-0.05, 0) is 68.4 Å². The summed E-state index contributed by atoms with van der Waals surface area (Å²) < 4.78 is 5.38. The van der Waals surface area contributed by atoms with Crippen molar-refractivity contribution in [2.24, 2.45) is 5.92 Å². The summed E-state index contributed by atoms with van der Waals surface area (Å²) in [6.07, 6.45) is 8.28. The topological polar surface area (TPSA) is 64.1 Å². The molecular formula is C24H29N3O2. The Labute approximate surface area is 172 Å². The van der Waals surface area contributed by atoms with Gasteiger partial charge in [-0.3, -0.25) is 14.8 Å². The van der Waals surface area contributed by atoms with Gasteiger partial charge in [-0.1, -0.05) is 12.6 Å². The number of rotatable bonds is 8. The van der Waals surface area contributed by atoms with Crippen LogP contribution >= 0.6 is 0 Å². The molecule has 2 heterocycles. The van der Waals surface area contributed by atoms with E-state index in [9.17, 15) is 4.79 Å². The molecule has 1 aliphatic carbocycles. The number of aromatic nitrogens is 2. The minimum atomic E-state index is -0.104. The molecule has 1 fully saturated rings. The van der Waals surface area contributed by atoms with Crippen LogP contribution in [0.15, 0.2) is 42.8 Å². The summed E-state index contributed by atoms with van der Waals surface area (Å²) >= 11 is 0. The van der Waals surface area contributed by atoms with Crippen molar-refractivity contribution in [2.75, 3.05) is 13.7 Å². The van der Waals surface area contributed by atoms with Crippen LogP contribution in [0.3, 0.4) is 0 Å². The zero-order valence-corrected chi connectivity index (χ0v) is 17.7. The Morgan fingerprint density at radius 2 is 2.07 bits per heavy atom. The fourth-order valence-electron chi connectivity index (χ4n) is 3.32. The monoisotopic (exact) mass is 391 g/mol. The highest BCUT2D eigenvalue weighted by Gasteiger charge is 2.23. The highest BCUT2D eigenvalue weighted by atomic mass is 16.5. The number of nitrogens with zero attached hydrogens (tertiary/aromatic N) is 2. The quantitative estimate of drug-likeness (QED) is 0.543. The number of allylic oxidation sites excluding steroid dienone is 2. The van der Waals surface area contributed by atoms with Gasteiger partial charge in [0.2, 0.25) is 0 Å². The molecule has 1 amide bonds. The molecule has 0 unspecified atom stereocenters. The molecule has 0 radical (unpaired) electrons. The second kappa shape index (κ2) is 9.03. The summed E-state index contributed by atoms with van der Waals surface area (Å²) in [6.45, 7) is 10.9. The lowest BCUT2D eigenvalue weighted by Gasteiger charge is -2.13. The lowest BCUT2D eigenvalue weighted by atomic mass is 9.99. The van der Waals surface area contributed by atoms with E-state index in [1.165, 1.54) is 12.8 Å². The van der Waals surface area contributed by atoms with Crippen molar-refractivity contribution in [1.82, 2.24) is 15.3 Å². The van der Waals surface area contributed by atoms with E-state index >= 15 is 0 Å². The van der Waals surface area contributed by atoms with Crippen molar-refractivity contribution in [1.29, 1.82) is 0 Å². The molecule has 5 nitrogen and oxygen atoms in total. The van der Waals surface area contributed by atoms with E-state index in [1.807, 2.05) is 39.0 Å². The zero-order valence-electron chi connectivity index (χ0n) is 17.7. The van der Waals surface area contributed by atoms with Crippen LogP contribution in [-0.2, 0) is 11.2 Å². The predicted molar refractivity (Wildman–Crippen MR) is 116 cm³/mol. The first-order chi connectivity index (χ1) is 13.9. The van der Waals surface area contributed by atoms with Crippen LogP contribution in [0.2, 0.25) is 0 Å². The fraction of sp³-hybridized carbons (Fsp3) is 0.375. The van der Waals surface area contributed by atoms with Crippen LogP contribution in [0, 0.1) is 26.7 Å². The molecule has 0 saturated heterocycles. The van der Waals surface area contributed by atoms with E-state index in [2.05, 4.69) is 21.9 Å². The highest BCUT2D eigenvalue weighted by Crippen LogP contribution is 2.28. The number of pyridine rings is 2. The summed E-state index contributed by atoms with van der Waals surface area (Å²) in [7, 11) is 1.65. The van der Waals surface area contributed by atoms with E-state index in [1.54, 1.807) is 19.5 Å². The minimum Gasteiger partial charge on any atom is -0.496 e. The number of methoxy groups -OCH3 is 1. The predicted octanol–water partition coefficient (Wildman–Crippen LogP) is 4.12. The third-order valence-corrected chi connectivity index (χ3v) is 5.18. The molecule has 3 rings (SSSR count). The summed E-state index contributed by atoms with van der Waals surface area (Å²) in [5.41, 5.74) is 5.95. The SMILES string of the molecule is C=C(/C=C(/C(=O)NCC1CC1)c1ncc(C)cc1C)Cc1nccc(OC)c1C. The van der Waals surface area contributed by atoms with Gasteiger partial charge in [-0.2, -0.15) is 0 Å². The number of ether oxygens (including phenoxy) is 1. The molecule has 29 heavy (non-hydrogen) atoms. The lowest BCUT2D eigenvalue weighted by molar-refractivity contribution is -0.115. The van der Waals surface area contributed by atoms with Crippen molar-refractivity contribution in [3.63, 3.8) is 0 Å². The molecule has 0 atom stereocenters. The molecular weight excluding hydrogens is 362 g/mol. The number of aryl methyl sites for hydroxylation is 2. The summed E-state index contributed by atoms with van der Waals surface area (Å²) in [6, 6.07) is 3.88. The highest BCUT2D eigenvalue weighted by molar-refractivity contribution is 6.19. The van der Waals surface area contributed by atoms with Gasteiger partial charge in [-0.15, -0.1) is 0 Å². The van der Waals surface area contributed by atoms with Crippen LogP contribution in [0.25, 0.3) is 5.57 Å². The molecule has 0 bridgehead atoms. The Morgan fingerprint density at radius 1 is 1.31 bits per heavy atom. The molecule has 1 N–H and O–H groups in total. The summed E-state index contributed by atoms with van der Waals surface area (Å²) in [5.74, 6) is 1.30. The first-order valence-electron chi connectivity index (χ1n) is 9.98. The maximum Gasteiger partial charge on any atom is 0.253 e.